The second kappa shape index (κ2) is 9.85. The van der Waals surface area contributed by atoms with E-state index in [1.807, 2.05) is 64.1 Å². The molecule has 1 unspecified atom stereocenters. The lowest BCUT2D eigenvalue weighted by atomic mass is 9.96. The molecule has 0 radical (unpaired) electrons. The SMILES string of the molecule is C=CCOc1cccc(C2c3c(oc4cc(C)cc(C)c4c3=O)C(=O)N2CCCOC(C)C)c1. The first-order chi connectivity index (χ1) is 16.3. The van der Waals surface area contributed by atoms with Crippen LogP contribution in [-0.2, 0) is 4.74 Å². The molecule has 178 valence electrons. The molecule has 2 aromatic carbocycles. The van der Waals surface area contributed by atoms with Crippen LogP contribution >= 0.6 is 0 Å². The van der Waals surface area contributed by atoms with Gasteiger partial charge in [0.15, 0.2) is 5.43 Å². The third-order valence-corrected chi connectivity index (χ3v) is 5.95. The minimum Gasteiger partial charge on any atom is -0.490 e. The molecular formula is C28H31NO5. The van der Waals surface area contributed by atoms with Crippen molar-refractivity contribution in [3.8, 4) is 5.75 Å². The maximum atomic E-state index is 13.8. The molecule has 4 rings (SSSR count). The van der Waals surface area contributed by atoms with Crippen LogP contribution in [0.5, 0.6) is 5.75 Å². The van der Waals surface area contributed by atoms with Crippen molar-refractivity contribution < 1.29 is 18.7 Å². The summed E-state index contributed by atoms with van der Waals surface area (Å²) < 4.78 is 17.5. The molecule has 34 heavy (non-hydrogen) atoms. The molecule has 0 saturated heterocycles. The van der Waals surface area contributed by atoms with Crippen LogP contribution in [0.2, 0.25) is 0 Å². The van der Waals surface area contributed by atoms with Gasteiger partial charge in [0.05, 0.1) is 23.1 Å². The van der Waals surface area contributed by atoms with E-state index in [1.54, 1.807) is 11.0 Å². The smallest absolute Gasteiger partial charge is 0.290 e. The topological polar surface area (TPSA) is 69.0 Å². The van der Waals surface area contributed by atoms with Gasteiger partial charge in [-0.3, -0.25) is 9.59 Å². The highest BCUT2D eigenvalue weighted by Gasteiger charge is 2.42. The van der Waals surface area contributed by atoms with E-state index < -0.39 is 6.04 Å². The molecule has 0 spiro atoms. The van der Waals surface area contributed by atoms with Crippen LogP contribution in [0.4, 0.5) is 0 Å². The molecule has 1 aliphatic heterocycles. The highest BCUT2D eigenvalue weighted by molar-refractivity contribution is 5.99. The number of carbonyl (C=O) groups is 1. The number of benzene rings is 2. The lowest BCUT2D eigenvalue weighted by Crippen LogP contribution is -2.31. The molecular weight excluding hydrogens is 430 g/mol. The highest BCUT2D eigenvalue weighted by atomic mass is 16.5. The van der Waals surface area contributed by atoms with E-state index in [2.05, 4.69) is 6.58 Å². The second-order valence-electron chi connectivity index (χ2n) is 8.98. The van der Waals surface area contributed by atoms with Crippen molar-refractivity contribution in [2.24, 2.45) is 0 Å². The van der Waals surface area contributed by atoms with Crippen LogP contribution in [0.25, 0.3) is 11.0 Å². The van der Waals surface area contributed by atoms with Gasteiger partial charge in [-0.1, -0.05) is 30.9 Å². The monoisotopic (exact) mass is 461 g/mol. The number of hydrogen-bond acceptors (Lipinski definition) is 5. The summed E-state index contributed by atoms with van der Waals surface area (Å²) >= 11 is 0. The lowest BCUT2D eigenvalue weighted by molar-refractivity contribution is 0.0593. The average Bonchev–Trinajstić information content (AvgIpc) is 3.07. The molecule has 6 heteroatoms. The molecule has 3 aromatic rings. The van der Waals surface area contributed by atoms with Crippen LogP contribution in [0, 0.1) is 13.8 Å². The fourth-order valence-electron chi connectivity index (χ4n) is 4.57. The van der Waals surface area contributed by atoms with Crippen molar-refractivity contribution >= 4 is 16.9 Å². The zero-order valence-corrected chi connectivity index (χ0v) is 20.2. The van der Waals surface area contributed by atoms with Crippen molar-refractivity contribution in [1.29, 1.82) is 0 Å². The number of aryl methyl sites for hydroxylation is 2. The quantitative estimate of drug-likeness (QED) is 0.318. The zero-order valence-electron chi connectivity index (χ0n) is 20.2. The highest BCUT2D eigenvalue weighted by Crippen LogP contribution is 2.39. The summed E-state index contributed by atoms with van der Waals surface area (Å²) in [5, 5.41) is 0.520. The standard InChI is InChI=1S/C28H31NO5/c1-6-12-33-21-10-7-9-20(16-21)25-24-26(30)23-19(5)14-18(4)15-22(23)34-27(24)28(31)29(25)11-8-13-32-17(2)3/h6-7,9-10,14-17,25H,1,8,11-13H2,2-5H3. The summed E-state index contributed by atoms with van der Waals surface area (Å²) in [4.78, 5) is 29.0. The Morgan fingerprint density at radius 3 is 2.71 bits per heavy atom. The summed E-state index contributed by atoms with van der Waals surface area (Å²) in [6.07, 6.45) is 2.43. The van der Waals surface area contributed by atoms with E-state index in [0.29, 0.717) is 48.5 Å². The van der Waals surface area contributed by atoms with Gasteiger partial charge >= 0.3 is 0 Å². The van der Waals surface area contributed by atoms with E-state index in [4.69, 9.17) is 13.9 Å². The predicted octanol–water partition coefficient (Wildman–Crippen LogP) is 5.33. The van der Waals surface area contributed by atoms with Gasteiger partial charge in [-0.25, -0.2) is 0 Å². The summed E-state index contributed by atoms with van der Waals surface area (Å²) in [7, 11) is 0. The van der Waals surface area contributed by atoms with Crippen molar-refractivity contribution in [3.05, 3.63) is 87.3 Å². The van der Waals surface area contributed by atoms with Gasteiger partial charge in [-0.15, -0.1) is 0 Å². The summed E-state index contributed by atoms with van der Waals surface area (Å²) in [5.74, 6) is 0.494. The maximum Gasteiger partial charge on any atom is 0.290 e. The summed E-state index contributed by atoms with van der Waals surface area (Å²) in [5.41, 5.74) is 3.28. The fraction of sp³-hybridized carbons (Fsp3) is 0.357. The molecule has 0 fully saturated rings. The molecule has 6 nitrogen and oxygen atoms in total. The first-order valence-corrected chi connectivity index (χ1v) is 11.7. The van der Waals surface area contributed by atoms with Gasteiger partial charge in [0.1, 0.15) is 17.9 Å². The number of fused-ring (bicyclic) bond motifs is 2. The van der Waals surface area contributed by atoms with Crippen molar-refractivity contribution in [3.63, 3.8) is 0 Å². The van der Waals surface area contributed by atoms with Crippen LogP contribution in [-0.4, -0.2) is 36.7 Å². The zero-order chi connectivity index (χ0) is 24.4. The Kier molecular flexibility index (Phi) is 6.89. The van der Waals surface area contributed by atoms with Gasteiger partial charge in [-0.2, -0.15) is 0 Å². The summed E-state index contributed by atoms with van der Waals surface area (Å²) in [6, 6.07) is 10.7. The van der Waals surface area contributed by atoms with E-state index in [0.717, 1.165) is 16.7 Å². The normalized spacial score (nSPS) is 15.3. The molecule has 1 amide bonds. The van der Waals surface area contributed by atoms with Gasteiger partial charge in [0.25, 0.3) is 5.91 Å². The Bertz CT molecular complexity index is 1290. The Morgan fingerprint density at radius 1 is 1.18 bits per heavy atom. The van der Waals surface area contributed by atoms with E-state index in [-0.39, 0.29) is 23.2 Å². The molecule has 0 saturated carbocycles. The molecule has 1 atom stereocenters. The number of ether oxygens (including phenoxy) is 2. The molecule has 0 N–H and O–H groups in total. The van der Waals surface area contributed by atoms with Crippen LogP contribution in [0.15, 0.2) is 58.3 Å². The maximum absolute atomic E-state index is 13.8. The van der Waals surface area contributed by atoms with E-state index >= 15 is 0 Å². The Labute approximate surface area is 199 Å². The Morgan fingerprint density at radius 2 is 1.97 bits per heavy atom. The Balaban J connectivity index is 1.84. The van der Waals surface area contributed by atoms with Crippen molar-refractivity contribution in [2.75, 3.05) is 19.8 Å². The van der Waals surface area contributed by atoms with Gasteiger partial charge in [-0.05, 0) is 69.0 Å². The number of rotatable bonds is 9. The third-order valence-electron chi connectivity index (χ3n) is 5.95. The minimum absolute atomic E-state index is 0.112. The lowest BCUT2D eigenvalue weighted by Gasteiger charge is -2.25. The van der Waals surface area contributed by atoms with Gasteiger partial charge < -0.3 is 18.8 Å². The minimum atomic E-state index is -0.560. The Hall–Kier alpha value is -3.38. The number of carbonyl (C=O) groups excluding carboxylic acids is 1. The van der Waals surface area contributed by atoms with Crippen LogP contribution in [0.1, 0.15) is 59.1 Å². The number of amides is 1. The first kappa shape index (κ1) is 23.8. The molecule has 0 aliphatic carbocycles. The summed E-state index contributed by atoms with van der Waals surface area (Å²) in [6.45, 7) is 12.8. The number of hydrogen-bond donors (Lipinski definition) is 0. The molecule has 2 heterocycles. The fourth-order valence-corrected chi connectivity index (χ4v) is 4.57. The van der Waals surface area contributed by atoms with Gasteiger partial charge in [0.2, 0.25) is 5.76 Å². The molecule has 0 bridgehead atoms. The van der Waals surface area contributed by atoms with Crippen molar-refractivity contribution in [2.45, 2.75) is 46.3 Å². The molecule has 1 aliphatic rings. The van der Waals surface area contributed by atoms with Gasteiger partial charge in [0, 0.05) is 13.2 Å². The van der Waals surface area contributed by atoms with E-state index in [9.17, 15) is 9.59 Å². The second-order valence-corrected chi connectivity index (χ2v) is 8.98. The third kappa shape index (κ3) is 4.50. The van der Waals surface area contributed by atoms with Crippen LogP contribution in [0.3, 0.4) is 0 Å². The average molecular weight is 462 g/mol. The number of nitrogens with zero attached hydrogens (tertiary/aromatic N) is 1. The first-order valence-electron chi connectivity index (χ1n) is 11.7. The molecule has 1 aromatic heterocycles. The van der Waals surface area contributed by atoms with Crippen LogP contribution < -0.4 is 10.2 Å². The largest absolute Gasteiger partial charge is 0.490 e. The van der Waals surface area contributed by atoms with Crippen molar-refractivity contribution in [1.82, 2.24) is 4.90 Å². The van der Waals surface area contributed by atoms with E-state index in [1.165, 1.54) is 0 Å². The predicted molar refractivity (Wildman–Crippen MR) is 133 cm³/mol.